The first-order valence-electron chi connectivity index (χ1n) is 22.0. The van der Waals surface area contributed by atoms with Crippen LogP contribution in [0.15, 0.2) is 212 Å². The van der Waals surface area contributed by atoms with Crippen LogP contribution in [0.25, 0.3) is 44.5 Å². The number of nitrogens with zero attached hydrogens (tertiary/aromatic N) is 1. The molecular formula is C61H47N. The van der Waals surface area contributed by atoms with E-state index in [0.29, 0.717) is 0 Å². The van der Waals surface area contributed by atoms with Gasteiger partial charge in [0, 0.05) is 16.5 Å². The summed E-state index contributed by atoms with van der Waals surface area (Å²) in [6, 6.07) is 79.4. The molecule has 1 heteroatoms. The molecule has 0 saturated heterocycles. The molecule has 1 aliphatic heterocycles. The van der Waals surface area contributed by atoms with Crippen LogP contribution in [0.4, 0.5) is 17.1 Å². The number of hydrogen-bond donors (Lipinski definition) is 0. The second-order valence-corrected chi connectivity index (χ2v) is 18.5. The summed E-state index contributed by atoms with van der Waals surface area (Å²) in [5.41, 5.74) is 23.8. The van der Waals surface area contributed by atoms with Crippen molar-refractivity contribution in [1.82, 2.24) is 0 Å². The smallest absolute Gasteiger partial charge is 0.0742 e. The largest absolute Gasteiger partial charge is 0.310 e. The van der Waals surface area contributed by atoms with Crippen LogP contribution in [0, 0.1) is 0 Å². The number of hydrogen-bond acceptors (Lipinski definition) is 1. The molecule has 0 unspecified atom stereocenters. The molecule has 0 amide bonds. The molecule has 12 rings (SSSR count). The summed E-state index contributed by atoms with van der Waals surface area (Å²) in [7, 11) is 0. The minimum atomic E-state index is -0.497. The Morgan fingerprint density at radius 3 is 1.34 bits per heavy atom. The molecule has 0 bridgehead atoms. The molecule has 0 spiro atoms. The zero-order valence-corrected chi connectivity index (χ0v) is 35.7. The molecule has 1 heterocycles. The highest BCUT2D eigenvalue weighted by atomic mass is 15.2. The van der Waals surface area contributed by atoms with Gasteiger partial charge in [0.1, 0.15) is 0 Å². The summed E-state index contributed by atoms with van der Waals surface area (Å²) < 4.78 is 0. The molecule has 9 aromatic rings. The summed E-state index contributed by atoms with van der Waals surface area (Å²) in [6.45, 7) is 9.72. The molecule has 9 aromatic carbocycles. The second kappa shape index (κ2) is 13.4. The third-order valence-electron chi connectivity index (χ3n) is 14.5. The SMILES string of the molecule is CC1(C)c2cc(N3c4ccccc4C(c4ccccc4)(c4ccccc4)c4ccccc43)ccc2-c2cc3c(cc21)-c1cc(-c2ccccc2)cc(-c2ccccc2)c1C3(C)C. The lowest BCUT2D eigenvalue weighted by Crippen LogP contribution is -2.37. The summed E-state index contributed by atoms with van der Waals surface area (Å²) in [6.07, 6.45) is 0. The minimum absolute atomic E-state index is 0.196. The van der Waals surface area contributed by atoms with Gasteiger partial charge in [0.05, 0.1) is 16.8 Å². The van der Waals surface area contributed by atoms with Crippen LogP contribution >= 0.6 is 0 Å². The highest BCUT2D eigenvalue weighted by molar-refractivity contribution is 5.97. The van der Waals surface area contributed by atoms with Crippen LogP contribution in [-0.2, 0) is 16.2 Å². The van der Waals surface area contributed by atoms with Gasteiger partial charge < -0.3 is 4.90 Å². The average molecular weight is 794 g/mol. The van der Waals surface area contributed by atoms with E-state index < -0.39 is 5.41 Å². The Bertz CT molecular complexity index is 3120. The minimum Gasteiger partial charge on any atom is -0.310 e. The normalized spacial score (nSPS) is 15.5. The van der Waals surface area contributed by atoms with E-state index in [1.54, 1.807) is 0 Å². The van der Waals surface area contributed by atoms with Gasteiger partial charge in [-0.05, 0) is 138 Å². The van der Waals surface area contributed by atoms with Gasteiger partial charge in [0.2, 0.25) is 0 Å². The van der Waals surface area contributed by atoms with E-state index in [2.05, 4.69) is 245 Å². The summed E-state index contributed by atoms with van der Waals surface area (Å²) in [5.74, 6) is 0. The van der Waals surface area contributed by atoms with Gasteiger partial charge in [-0.3, -0.25) is 0 Å². The summed E-state index contributed by atoms with van der Waals surface area (Å²) in [5, 5.41) is 0. The molecule has 3 aliphatic rings. The first kappa shape index (κ1) is 36.6. The molecular weight excluding hydrogens is 747 g/mol. The number of anilines is 3. The van der Waals surface area contributed by atoms with Crippen LogP contribution in [0.3, 0.4) is 0 Å². The zero-order chi connectivity index (χ0) is 41.8. The highest BCUT2D eigenvalue weighted by Gasteiger charge is 2.47. The van der Waals surface area contributed by atoms with Crippen molar-refractivity contribution in [2.24, 2.45) is 0 Å². The van der Waals surface area contributed by atoms with E-state index in [0.717, 1.165) is 0 Å². The van der Waals surface area contributed by atoms with Crippen LogP contribution in [0.2, 0.25) is 0 Å². The predicted octanol–water partition coefficient (Wildman–Crippen LogP) is 15.8. The maximum Gasteiger partial charge on any atom is 0.0742 e. The van der Waals surface area contributed by atoms with Crippen molar-refractivity contribution in [3.8, 4) is 44.5 Å². The highest BCUT2D eigenvalue weighted by Crippen LogP contribution is 2.61. The Labute approximate surface area is 365 Å². The van der Waals surface area contributed by atoms with E-state index >= 15 is 0 Å². The maximum absolute atomic E-state index is 2.56. The standard InChI is InChI=1S/C61H47N/c1-59(2)53-37-45(62-56-31-19-17-29-51(56)61(43-25-13-7-14-26-43,44-27-15-8-16-28-44)52-30-18-20-32-57(52)62)33-34-46(53)48-38-55-49(39-54(48)59)50-36-42(40-21-9-5-10-22-40)35-47(58(50)60(55,3)4)41-23-11-6-12-24-41/h5-39H,1-4H3. The molecule has 1 nitrogen and oxygen atoms in total. The summed E-state index contributed by atoms with van der Waals surface area (Å²) in [4.78, 5) is 2.52. The third kappa shape index (κ3) is 5.03. The first-order chi connectivity index (χ1) is 30.3. The Morgan fingerprint density at radius 1 is 0.306 bits per heavy atom. The zero-order valence-electron chi connectivity index (χ0n) is 35.7. The van der Waals surface area contributed by atoms with Crippen molar-refractivity contribution in [3.05, 3.63) is 257 Å². The van der Waals surface area contributed by atoms with Crippen LogP contribution in [0.5, 0.6) is 0 Å². The number of benzene rings is 9. The van der Waals surface area contributed by atoms with Crippen LogP contribution < -0.4 is 4.90 Å². The number of rotatable bonds is 5. The molecule has 0 saturated carbocycles. The van der Waals surface area contributed by atoms with Crippen molar-refractivity contribution in [1.29, 1.82) is 0 Å². The van der Waals surface area contributed by atoms with E-state index in [1.807, 2.05) is 0 Å². The molecule has 0 fully saturated rings. The Hall–Kier alpha value is -7.22. The first-order valence-corrected chi connectivity index (χ1v) is 22.0. The predicted molar refractivity (Wildman–Crippen MR) is 259 cm³/mol. The number of fused-ring (bicyclic) bond motifs is 8. The number of para-hydroxylation sites is 2. The maximum atomic E-state index is 2.56. The fourth-order valence-corrected chi connectivity index (χ4v) is 11.6. The fourth-order valence-electron chi connectivity index (χ4n) is 11.6. The second-order valence-electron chi connectivity index (χ2n) is 18.5. The lowest BCUT2D eigenvalue weighted by atomic mass is 9.62. The third-order valence-corrected chi connectivity index (χ3v) is 14.5. The summed E-state index contributed by atoms with van der Waals surface area (Å²) >= 11 is 0. The Balaban J connectivity index is 1.03. The quantitative estimate of drug-likeness (QED) is 0.168. The molecule has 0 atom stereocenters. The van der Waals surface area contributed by atoms with E-state index in [-0.39, 0.29) is 10.8 Å². The lowest BCUT2D eigenvalue weighted by Gasteiger charge is -2.46. The molecule has 0 aromatic heterocycles. The lowest BCUT2D eigenvalue weighted by molar-refractivity contribution is 0.653. The fraction of sp³-hybridized carbons (Fsp3) is 0.115. The van der Waals surface area contributed by atoms with Crippen LogP contribution in [0.1, 0.15) is 72.2 Å². The molecule has 0 radical (unpaired) electrons. The van der Waals surface area contributed by atoms with E-state index in [1.165, 1.54) is 106 Å². The van der Waals surface area contributed by atoms with Gasteiger partial charge in [0.25, 0.3) is 0 Å². The van der Waals surface area contributed by atoms with Gasteiger partial charge in [0.15, 0.2) is 0 Å². The molecule has 62 heavy (non-hydrogen) atoms. The average Bonchev–Trinajstić information content (AvgIpc) is 3.69. The molecule has 0 N–H and O–H groups in total. The van der Waals surface area contributed by atoms with Crippen molar-refractivity contribution in [2.75, 3.05) is 4.90 Å². The van der Waals surface area contributed by atoms with Gasteiger partial charge >= 0.3 is 0 Å². The van der Waals surface area contributed by atoms with Crippen LogP contribution in [-0.4, -0.2) is 0 Å². The molecule has 296 valence electrons. The van der Waals surface area contributed by atoms with Crippen molar-refractivity contribution in [2.45, 2.75) is 43.9 Å². The Morgan fingerprint density at radius 2 is 0.758 bits per heavy atom. The topological polar surface area (TPSA) is 3.24 Å². The van der Waals surface area contributed by atoms with Gasteiger partial charge in [-0.1, -0.05) is 191 Å². The van der Waals surface area contributed by atoms with Crippen molar-refractivity contribution >= 4 is 17.1 Å². The van der Waals surface area contributed by atoms with Gasteiger partial charge in [-0.2, -0.15) is 0 Å². The van der Waals surface area contributed by atoms with Crippen molar-refractivity contribution < 1.29 is 0 Å². The van der Waals surface area contributed by atoms with Crippen molar-refractivity contribution in [3.63, 3.8) is 0 Å². The van der Waals surface area contributed by atoms with Gasteiger partial charge in [-0.15, -0.1) is 0 Å². The monoisotopic (exact) mass is 793 g/mol. The Kier molecular flexibility index (Phi) is 7.91. The van der Waals surface area contributed by atoms with E-state index in [4.69, 9.17) is 0 Å². The van der Waals surface area contributed by atoms with Gasteiger partial charge in [-0.25, -0.2) is 0 Å². The molecule has 2 aliphatic carbocycles. The van der Waals surface area contributed by atoms with E-state index in [9.17, 15) is 0 Å².